The van der Waals surface area contributed by atoms with E-state index in [-0.39, 0.29) is 22.9 Å². The molecule has 0 aliphatic carbocycles. The average Bonchev–Trinajstić information content (AvgIpc) is 3.28. The zero-order chi connectivity index (χ0) is 21.8. The van der Waals surface area contributed by atoms with Crippen LogP contribution in [0, 0.1) is 22.7 Å². The molecule has 0 saturated heterocycles. The summed E-state index contributed by atoms with van der Waals surface area (Å²) in [6.07, 6.45) is 1.75. The third-order valence-electron chi connectivity index (χ3n) is 6.10. The van der Waals surface area contributed by atoms with Crippen LogP contribution in [0.15, 0.2) is 75.4 Å². The Morgan fingerprint density at radius 1 is 1.03 bits per heavy atom. The molecule has 3 aliphatic rings. The van der Waals surface area contributed by atoms with Gasteiger partial charge in [0.1, 0.15) is 16.9 Å². The molecule has 2 N–H and O–H groups in total. The minimum absolute atomic E-state index is 0.113. The molecule has 2 aromatic carbocycles. The average molecular weight is 426 g/mol. The number of para-hydroxylation sites is 2. The van der Waals surface area contributed by atoms with E-state index in [2.05, 4.69) is 19.1 Å². The normalized spacial score (nSPS) is 21.2. The third kappa shape index (κ3) is 2.30. The van der Waals surface area contributed by atoms with Gasteiger partial charge in [-0.25, -0.2) is 0 Å². The van der Waals surface area contributed by atoms with Gasteiger partial charge in [-0.15, -0.1) is 0 Å². The number of hydrogen-bond donors (Lipinski definition) is 1. The van der Waals surface area contributed by atoms with E-state index in [1.165, 1.54) is 11.8 Å². The van der Waals surface area contributed by atoms with Gasteiger partial charge in [0.05, 0.1) is 22.9 Å². The number of thioether (sulfide) groups is 1. The number of carbonyl (C=O) groups is 1. The minimum atomic E-state index is -1.52. The number of nitriles is 2. The highest BCUT2D eigenvalue weighted by atomic mass is 32.2. The molecule has 3 aliphatic heterocycles. The van der Waals surface area contributed by atoms with Gasteiger partial charge < -0.3 is 10.6 Å². The van der Waals surface area contributed by atoms with E-state index >= 15 is 0 Å². The molecule has 5 rings (SSSR count). The van der Waals surface area contributed by atoms with Crippen LogP contribution in [0.3, 0.4) is 0 Å². The van der Waals surface area contributed by atoms with E-state index < -0.39 is 5.41 Å². The van der Waals surface area contributed by atoms with E-state index in [0.29, 0.717) is 17.1 Å². The standard InChI is InChI=1S/C24H19N5OS/c1-2-3-12-28-18-9-5-4-8-15(18)24(23(28)30)16(13-25)21(27)29-19-10-6-7-11-20(19)31-22(29)17(24)14-26/h4-11H,2-3,12,27H2,1H3/t24-/m1/s1. The second kappa shape index (κ2) is 6.94. The molecule has 3 heterocycles. The number of nitrogens with two attached hydrogens (primary N) is 1. The fourth-order valence-corrected chi connectivity index (χ4v) is 5.93. The van der Waals surface area contributed by atoms with Gasteiger partial charge in [0, 0.05) is 22.7 Å². The molecule has 1 amide bonds. The van der Waals surface area contributed by atoms with Crippen molar-refractivity contribution < 1.29 is 4.79 Å². The molecule has 2 aromatic rings. The van der Waals surface area contributed by atoms with Gasteiger partial charge in [-0.3, -0.25) is 9.69 Å². The van der Waals surface area contributed by atoms with Gasteiger partial charge in [-0.05, 0) is 24.6 Å². The smallest absolute Gasteiger partial charge is 0.248 e. The van der Waals surface area contributed by atoms with Crippen LogP contribution < -0.4 is 15.5 Å². The summed E-state index contributed by atoms with van der Waals surface area (Å²) in [7, 11) is 0. The van der Waals surface area contributed by atoms with E-state index in [9.17, 15) is 15.3 Å². The lowest BCUT2D eigenvalue weighted by Gasteiger charge is -2.37. The minimum Gasteiger partial charge on any atom is -0.384 e. The van der Waals surface area contributed by atoms with Crippen LogP contribution >= 0.6 is 11.8 Å². The van der Waals surface area contributed by atoms with Crippen molar-refractivity contribution in [3.63, 3.8) is 0 Å². The number of hydrogen-bond acceptors (Lipinski definition) is 6. The van der Waals surface area contributed by atoms with Crippen molar-refractivity contribution in [1.29, 1.82) is 10.5 Å². The lowest BCUT2D eigenvalue weighted by atomic mass is 9.68. The Labute approximate surface area is 184 Å². The van der Waals surface area contributed by atoms with E-state index in [0.717, 1.165) is 29.1 Å². The molecular formula is C24H19N5OS. The molecule has 0 radical (unpaired) electrons. The number of unbranched alkanes of at least 4 members (excludes halogenated alkanes) is 1. The number of nitrogens with zero attached hydrogens (tertiary/aromatic N) is 4. The fraction of sp³-hybridized carbons (Fsp3) is 0.208. The van der Waals surface area contributed by atoms with Crippen LogP contribution in [-0.2, 0) is 10.2 Å². The SMILES string of the molecule is CCCCN1C(=O)[C@@]2(C(C#N)=C(N)N3C(=C2C#N)Sc2ccccc23)c2ccccc21. The van der Waals surface area contributed by atoms with Gasteiger partial charge in [0.15, 0.2) is 5.41 Å². The van der Waals surface area contributed by atoms with Crippen molar-refractivity contribution in [3.05, 3.63) is 76.1 Å². The summed E-state index contributed by atoms with van der Waals surface area (Å²) in [4.78, 5) is 18.5. The number of anilines is 2. The predicted molar refractivity (Wildman–Crippen MR) is 120 cm³/mol. The predicted octanol–water partition coefficient (Wildman–Crippen LogP) is 4.13. The van der Waals surface area contributed by atoms with Gasteiger partial charge >= 0.3 is 0 Å². The van der Waals surface area contributed by atoms with E-state index in [4.69, 9.17) is 5.73 Å². The summed E-state index contributed by atoms with van der Waals surface area (Å²) in [5.41, 5.74) is 7.64. The van der Waals surface area contributed by atoms with Crippen LogP contribution in [0.1, 0.15) is 25.3 Å². The summed E-state index contributed by atoms with van der Waals surface area (Å²) >= 11 is 1.41. The Hall–Kier alpha value is -3.68. The summed E-state index contributed by atoms with van der Waals surface area (Å²) in [6.45, 7) is 2.59. The molecule has 0 unspecified atom stereocenters. The third-order valence-corrected chi connectivity index (χ3v) is 7.25. The Balaban J connectivity index is 1.84. The highest BCUT2D eigenvalue weighted by Crippen LogP contribution is 2.59. The van der Waals surface area contributed by atoms with E-state index in [1.54, 1.807) is 9.80 Å². The molecule has 7 heteroatoms. The molecule has 6 nitrogen and oxygen atoms in total. The molecule has 0 saturated carbocycles. The van der Waals surface area contributed by atoms with Crippen LogP contribution in [-0.4, -0.2) is 12.5 Å². The zero-order valence-electron chi connectivity index (χ0n) is 16.9. The van der Waals surface area contributed by atoms with Crippen molar-refractivity contribution in [2.45, 2.75) is 30.1 Å². The van der Waals surface area contributed by atoms with Crippen LogP contribution in [0.4, 0.5) is 11.4 Å². The van der Waals surface area contributed by atoms with E-state index in [1.807, 2.05) is 48.5 Å². The maximum absolute atomic E-state index is 14.1. The van der Waals surface area contributed by atoms with Gasteiger partial charge in [0.25, 0.3) is 0 Å². The maximum Gasteiger partial charge on any atom is 0.248 e. The summed E-state index contributed by atoms with van der Waals surface area (Å²) in [5.74, 6) is -0.0728. The van der Waals surface area contributed by atoms with Crippen molar-refractivity contribution in [2.24, 2.45) is 5.73 Å². The van der Waals surface area contributed by atoms with Gasteiger partial charge in [0.2, 0.25) is 5.91 Å². The van der Waals surface area contributed by atoms with Gasteiger partial charge in [-0.1, -0.05) is 55.4 Å². The highest BCUT2D eigenvalue weighted by molar-refractivity contribution is 8.03. The highest BCUT2D eigenvalue weighted by Gasteiger charge is 2.61. The largest absolute Gasteiger partial charge is 0.384 e. The molecule has 0 bridgehead atoms. The number of amides is 1. The number of carbonyl (C=O) groups excluding carboxylic acids is 1. The molecule has 0 aromatic heterocycles. The van der Waals surface area contributed by atoms with Gasteiger partial charge in [-0.2, -0.15) is 10.5 Å². The Morgan fingerprint density at radius 2 is 1.71 bits per heavy atom. The van der Waals surface area contributed by atoms with Crippen molar-refractivity contribution in [3.8, 4) is 12.1 Å². The number of benzene rings is 2. The molecule has 0 fully saturated rings. The Kier molecular flexibility index (Phi) is 4.32. The first-order chi connectivity index (χ1) is 15.1. The van der Waals surface area contributed by atoms with Crippen molar-refractivity contribution >= 4 is 29.0 Å². The van der Waals surface area contributed by atoms with Crippen LogP contribution in [0.5, 0.6) is 0 Å². The van der Waals surface area contributed by atoms with Crippen molar-refractivity contribution in [2.75, 3.05) is 16.3 Å². The molecule has 152 valence electrons. The monoisotopic (exact) mass is 425 g/mol. The molecule has 1 spiro atoms. The molecule has 31 heavy (non-hydrogen) atoms. The maximum atomic E-state index is 14.1. The number of rotatable bonds is 3. The fourth-order valence-electron chi connectivity index (χ4n) is 4.73. The summed E-state index contributed by atoms with van der Waals surface area (Å²) < 4.78 is 0. The quantitative estimate of drug-likeness (QED) is 0.794. The Morgan fingerprint density at radius 3 is 2.42 bits per heavy atom. The summed E-state index contributed by atoms with van der Waals surface area (Å²) in [6, 6.07) is 19.6. The first kappa shape index (κ1) is 19.3. The topological polar surface area (TPSA) is 97.2 Å². The lowest BCUT2D eigenvalue weighted by Crippen LogP contribution is -2.49. The molecular weight excluding hydrogens is 406 g/mol. The number of fused-ring (bicyclic) bond motifs is 5. The summed E-state index contributed by atoms with van der Waals surface area (Å²) in [5, 5.41) is 21.2. The lowest BCUT2D eigenvalue weighted by molar-refractivity contribution is -0.120. The van der Waals surface area contributed by atoms with Crippen LogP contribution in [0.25, 0.3) is 0 Å². The molecule has 1 atom stereocenters. The second-order valence-corrected chi connectivity index (χ2v) is 8.68. The van der Waals surface area contributed by atoms with Crippen LogP contribution in [0.2, 0.25) is 0 Å². The second-order valence-electron chi connectivity index (χ2n) is 7.65. The zero-order valence-corrected chi connectivity index (χ0v) is 17.7. The Bertz CT molecular complexity index is 1280. The first-order valence-corrected chi connectivity index (χ1v) is 11.0. The first-order valence-electron chi connectivity index (χ1n) is 10.1. The van der Waals surface area contributed by atoms with Crippen molar-refractivity contribution in [1.82, 2.24) is 0 Å².